The zero-order chi connectivity index (χ0) is 11.1. The van der Waals surface area contributed by atoms with Crippen molar-refractivity contribution in [3.8, 4) is 0 Å². The van der Waals surface area contributed by atoms with E-state index in [9.17, 15) is 0 Å². The van der Waals surface area contributed by atoms with Gasteiger partial charge >= 0.3 is 0 Å². The van der Waals surface area contributed by atoms with Gasteiger partial charge in [-0.1, -0.05) is 30.3 Å². The van der Waals surface area contributed by atoms with E-state index in [4.69, 9.17) is 4.74 Å². The van der Waals surface area contributed by atoms with E-state index in [1.165, 1.54) is 5.56 Å². The van der Waals surface area contributed by atoms with E-state index in [1.807, 2.05) is 6.07 Å². The number of benzene rings is 1. The molecule has 0 N–H and O–H groups in total. The standard InChI is InChI=1S/C13H19NO/c1-10-12(11-8-6-5-7-9-11)15-13(2,3)14(10)4/h5-10,12H,1-4H3. The van der Waals surface area contributed by atoms with E-state index in [-0.39, 0.29) is 11.8 Å². The average molecular weight is 205 g/mol. The second-order valence-electron chi connectivity index (χ2n) is 4.75. The van der Waals surface area contributed by atoms with Crippen molar-refractivity contribution >= 4 is 0 Å². The van der Waals surface area contributed by atoms with Crippen LogP contribution in [-0.4, -0.2) is 23.7 Å². The van der Waals surface area contributed by atoms with E-state index in [0.717, 1.165) is 0 Å². The van der Waals surface area contributed by atoms with Gasteiger partial charge in [0.2, 0.25) is 0 Å². The third kappa shape index (κ3) is 1.80. The first-order chi connectivity index (χ1) is 7.02. The molecule has 0 radical (unpaired) electrons. The van der Waals surface area contributed by atoms with Gasteiger partial charge in [0.05, 0.1) is 0 Å². The lowest BCUT2D eigenvalue weighted by molar-refractivity contribution is -0.0683. The molecule has 0 bridgehead atoms. The van der Waals surface area contributed by atoms with E-state index < -0.39 is 0 Å². The fraction of sp³-hybridized carbons (Fsp3) is 0.538. The quantitative estimate of drug-likeness (QED) is 0.699. The van der Waals surface area contributed by atoms with Crippen LogP contribution >= 0.6 is 0 Å². The first kappa shape index (κ1) is 10.7. The van der Waals surface area contributed by atoms with Crippen molar-refractivity contribution in [2.75, 3.05) is 7.05 Å². The maximum atomic E-state index is 6.09. The molecule has 0 spiro atoms. The van der Waals surface area contributed by atoms with Crippen LogP contribution < -0.4 is 0 Å². The van der Waals surface area contributed by atoms with Crippen LogP contribution in [0.4, 0.5) is 0 Å². The summed E-state index contributed by atoms with van der Waals surface area (Å²) >= 11 is 0. The van der Waals surface area contributed by atoms with Gasteiger partial charge in [-0.25, -0.2) is 0 Å². The molecule has 2 unspecified atom stereocenters. The maximum absolute atomic E-state index is 6.09. The van der Waals surface area contributed by atoms with Gasteiger partial charge in [-0.15, -0.1) is 0 Å². The largest absolute Gasteiger partial charge is 0.351 e. The van der Waals surface area contributed by atoms with Crippen LogP contribution in [0.25, 0.3) is 0 Å². The molecule has 0 amide bonds. The first-order valence-corrected chi connectivity index (χ1v) is 5.48. The van der Waals surface area contributed by atoms with Gasteiger partial charge in [-0.3, -0.25) is 4.90 Å². The topological polar surface area (TPSA) is 12.5 Å². The summed E-state index contributed by atoms with van der Waals surface area (Å²) in [5, 5.41) is 0. The maximum Gasteiger partial charge on any atom is 0.117 e. The van der Waals surface area contributed by atoms with Crippen LogP contribution in [0.1, 0.15) is 32.4 Å². The Labute approximate surface area is 91.9 Å². The Balaban J connectivity index is 2.27. The van der Waals surface area contributed by atoms with Crippen molar-refractivity contribution in [3.63, 3.8) is 0 Å². The average Bonchev–Trinajstić information content (AvgIpc) is 2.44. The third-order valence-electron chi connectivity index (χ3n) is 3.44. The summed E-state index contributed by atoms with van der Waals surface area (Å²) in [6, 6.07) is 10.9. The minimum absolute atomic E-state index is 0.167. The van der Waals surface area contributed by atoms with Gasteiger partial charge in [0.15, 0.2) is 0 Å². The highest BCUT2D eigenvalue weighted by Gasteiger charge is 2.42. The second kappa shape index (κ2) is 3.62. The summed E-state index contributed by atoms with van der Waals surface area (Å²) in [5.74, 6) is 0. The van der Waals surface area contributed by atoms with E-state index in [0.29, 0.717) is 6.04 Å². The zero-order valence-electron chi connectivity index (χ0n) is 9.90. The lowest BCUT2D eigenvalue weighted by atomic mass is 10.0. The van der Waals surface area contributed by atoms with Crippen LogP contribution in [-0.2, 0) is 4.74 Å². The van der Waals surface area contributed by atoms with Gasteiger partial charge in [-0.05, 0) is 33.4 Å². The molecule has 1 saturated heterocycles. The molecule has 2 nitrogen and oxygen atoms in total. The summed E-state index contributed by atoms with van der Waals surface area (Å²) in [6.45, 7) is 6.45. The molecule has 0 aliphatic carbocycles. The van der Waals surface area contributed by atoms with Crippen LogP contribution in [0.3, 0.4) is 0 Å². The molecule has 15 heavy (non-hydrogen) atoms. The summed E-state index contributed by atoms with van der Waals surface area (Å²) in [6.07, 6.45) is 0.186. The lowest BCUT2D eigenvalue weighted by Gasteiger charge is -2.27. The predicted molar refractivity (Wildman–Crippen MR) is 61.6 cm³/mol. The molecule has 0 saturated carbocycles. The monoisotopic (exact) mass is 205 g/mol. The third-order valence-corrected chi connectivity index (χ3v) is 3.44. The Morgan fingerprint density at radius 2 is 1.80 bits per heavy atom. The molecule has 2 heteroatoms. The van der Waals surface area contributed by atoms with Crippen molar-refractivity contribution in [3.05, 3.63) is 35.9 Å². The summed E-state index contributed by atoms with van der Waals surface area (Å²) in [7, 11) is 2.12. The highest BCUT2D eigenvalue weighted by atomic mass is 16.5. The van der Waals surface area contributed by atoms with Gasteiger partial charge in [0.1, 0.15) is 11.8 Å². The van der Waals surface area contributed by atoms with E-state index in [1.54, 1.807) is 0 Å². The van der Waals surface area contributed by atoms with Gasteiger partial charge in [0.25, 0.3) is 0 Å². The Bertz CT molecular complexity index is 334. The molecule has 1 heterocycles. The number of hydrogen-bond donors (Lipinski definition) is 0. The molecule has 0 aromatic heterocycles. The Morgan fingerprint density at radius 3 is 2.27 bits per heavy atom. The van der Waals surface area contributed by atoms with E-state index >= 15 is 0 Å². The summed E-state index contributed by atoms with van der Waals surface area (Å²) in [4.78, 5) is 2.28. The van der Waals surface area contributed by atoms with Crippen LogP contribution in [0, 0.1) is 0 Å². The fourth-order valence-corrected chi connectivity index (χ4v) is 2.18. The van der Waals surface area contributed by atoms with Crippen LogP contribution in [0.15, 0.2) is 30.3 Å². The highest BCUT2D eigenvalue weighted by molar-refractivity contribution is 5.20. The predicted octanol–water partition coefficient (Wildman–Crippen LogP) is 2.81. The van der Waals surface area contributed by atoms with E-state index in [2.05, 4.69) is 57.0 Å². The molecule has 1 fully saturated rings. The Hall–Kier alpha value is -0.860. The molecule has 2 rings (SSSR count). The minimum Gasteiger partial charge on any atom is -0.351 e. The molecule has 82 valence electrons. The SMILES string of the molecule is CC1C(c2ccccc2)OC(C)(C)N1C. The number of nitrogens with zero attached hydrogens (tertiary/aromatic N) is 1. The summed E-state index contributed by atoms with van der Waals surface area (Å²) in [5.41, 5.74) is 1.10. The molecular weight excluding hydrogens is 186 g/mol. The van der Waals surface area contributed by atoms with Crippen LogP contribution in [0.5, 0.6) is 0 Å². The lowest BCUT2D eigenvalue weighted by Crippen LogP contribution is -2.39. The highest BCUT2D eigenvalue weighted by Crippen LogP contribution is 2.39. The van der Waals surface area contributed by atoms with Crippen molar-refractivity contribution in [1.29, 1.82) is 0 Å². The van der Waals surface area contributed by atoms with Crippen molar-refractivity contribution < 1.29 is 4.74 Å². The number of ether oxygens (including phenoxy) is 1. The van der Waals surface area contributed by atoms with Crippen LogP contribution in [0.2, 0.25) is 0 Å². The molecule has 1 aliphatic heterocycles. The van der Waals surface area contributed by atoms with Gasteiger partial charge in [-0.2, -0.15) is 0 Å². The number of hydrogen-bond acceptors (Lipinski definition) is 2. The molecule has 1 aromatic rings. The van der Waals surface area contributed by atoms with Gasteiger partial charge in [0, 0.05) is 6.04 Å². The van der Waals surface area contributed by atoms with Crippen molar-refractivity contribution in [1.82, 2.24) is 4.90 Å². The smallest absolute Gasteiger partial charge is 0.117 e. The van der Waals surface area contributed by atoms with Gasteiger partial charge < -0.3 is 4.74 Å². The number of likely N-dealkylation sites (N-methyl/N-ethyl adjacent to an activating group) is 1. The Morgan fingerprint density at radius 1 is 1.20 bits per heavy atom. The second-order valence-corrected chi connectivity index (χ2v) is 4.75. The summed E-state index contributed by atoms with van der Waals surface area (Å²) < 4.78 is 6.09. The molecule has 1 aromatic carbocycles. The zero-order valence-corrected chi connectivity index (χ0v) is 9.90. The minimum atomic E-state index is -0.167. The fourth-order valence-electron chi connectivity index (χ4n) is 2.18. The molecule has 2 atom stereocenters. The normalized spacial score (nSPS) is 30.7. The molecule has 1 aliphatic rings. The van der Waals surface area contributed by atoms with Crippen molar-refractivity contribution in [2.24, 2.45) is 0 Å². The number of rotatable bonds is 1. The van der Waals surface area contributed by atoms with Crippen molar-refractivity contribution in [2.45, 2.75) is 38.6 Å². The first-order valence-electron chi connectivity index (χ1n) is 5.48. The molecular formula is C13H19NO. The Kier molecular flexibility index (Phi) is 2.57.